The predicted octanol–water partition coefficient (Wildman–Crippen LogP) is 3.82. The van der Waals surface area contributed by atoms with Crippen LogP contribution in [-0.4, -0.2) is 23.4 Å². The van der Waals surface area contributed by atoms with Crippen LogP contribution in [0.3, 0.4) is 0 Å². The van der Waals surface area contributed by atoms with Gasteiger partial charge in [0.1, 0.15) is 11.3 Å². The van der Waals surface area contributed by atoms with E-state index in [1.807, 2.05) is 0 Å². The zero-order valence-corrected chi connectivity index (χ0v) is 15.3. The highest BCUT2D eigenvalue weighted by molar-refractivity contribution is 9.11. The quantitative estimate of drug-likeness (QED) is 0.411. The molecular formula is C14H10Br2N2O6. The lowest BCUT2D eigenvalue weighted by Crippen LogP contribution is -2.21. The molecule has 0 radical (unpaired) electrons. The minimum Gasteiger partial charge on any atom is -0.469 e. The van der Waals surface area contributed by atoms with E-state index in [1.165, 1.54) is 24.5 Å². The summed E-state index contributed by atoms with van der Waals surface area (Å²) in [5, 5.41) is 13.3. The van der Waals surface area contributed by atoms with E-state index in [-0.39, 0.29) is 11.3 Å². The van der Waals surface area contributed by atoms with Crippen LogP contribution in [0.25, 0.3) is 0 Å². The summed E-state index contributed by atoms with van der Waals surface area (Å²) >= 11 is 6.29. The first-order valence-electron chi connectivity index (χ1n) is 6.44. The van der Waals surface area contributed by atoms with Gasteiger partial charge < -0.3 is 14.5 Å². The summed E-state index contributed by atoms with van der Waals surface area (Å²) in [6.45, 7) is 1.08. The van der Waals surface area contributed by atoms with Crippen LogP contribution in [-0.2, 0) is 9.53 Å². The highest BCUT2D eigenvalue weighted by Crippen LogP contribution is 2.35. The molecule has 10 heteroatoms. The molecule has 2 aromatic rings. The normalized spacial score (nSPS) is 10.3. The topological polar surface area (TPSA) is 112 Å². The van der Waals surface area contributed by atoms with Crippen molar-refractivity contribution in [3.63, 3.8) is 0 Å². The predicted molar refractivity (Wildman–Crippen MR) is 90.9 cm³/mol. The lowest BCUT2D eigenvalue weighted by molar-refractivity contribution is -0.385. The Balaban J connectivity index is 2.01. The molecule has 24 heavy (non-hydrogen) atoms. The van der Waals surface area contributed by atoms with E-state index in [2.05, 4.69) is 37.2 Å². The molecule has 0 aliphatic rings. The number of ether oxygens (including phenoxy) is 1. The number of carbonyl (C=O) groups excluding carboxylic acids is 2. The van der Waals surface area contributed by atoms with Gasteiger partial charge in [0.25, 0.3) is 11.6 Å². The SMILES string of the molecule is Cc1occc1C(=O)OCC(=O)Nc1c(Br)cc([N+](=O)[O-])cc1Br. The van der Waals surface area contributed by atoms with Crippen molar-refractivity contribution in [2.45, 2.75) is 6.92 Å². The van der Waals surface area contributed by atoms with Gasteiger partial charge >= 0.3 is 5.97 Å². The number of amides is 1. The second-order valence-corrected chi connectivity index (χ2v) is 6.26. The number of nitrogens with zero attached hydrogens (tertiary/aromatic N) is 1. The third-order valence-electron chi connectivity index (χ3n) is 2.92. The number of nitro groups is 1. The second-order valence-electron chi connectivity index (χ2n) is 4.56. The molecule has 0 saturated carbocycles. The fourth-order valence-corrected chi connectivity index (χ4v) is 3.13. The van der Waals surface area contributed by atoms with Crippen molar-refractivity contribution in [2.75, 3.05) is 11.9 Å². The molecule has 0 fully saturated rings. The van der Waals surface area contributed by atoms with Gasteiger partial charge in [0.15, 0.2) is 6.61 Å². The third-order valence-corrected chi connectivity index (χ3v) is 4.17. The maximum Gasteiger partial charge on any atom is 0.342 e. The third kappa shape index (κ3) is 4.20. The molecule has 1 aromatic carbocycles. The summed E-state index contributed by atoms with van der Waals surface area (Å²) in [5.41, 5.74) is 0.384. The molecule has 126 valence electrons. The summed E-state index contributed by atoms with van der Waals surface area (Å²) in [6, 6.07) is 3.95. The Labute approximate surface area is 152 Å². The first-order valence-corrected chi connectivity index (χ1v) is 8.02. The Morgan fingerprint density at radius 3 is 2.46 bits per heavy atom. The number of carbonyl (C=O) groups is 2. The number of non-ortho nitro benzene ring substituents is 1. The molecule has 0 aliphatic carbocycles. The minimum atomic E-state index is -0.682. The van der Waals surface area contributed by atoms with Crippen molar-refractivity contribution in [3.05, 3.63) is 54.8 Å². The average Bonchev–Trinajstić information content (AvgIpc) is 2.94. The molecule has 0 spiro atoms. The van der Waals surface area contributed by atoms with Gasteiger partial charge in [0.05, 0.1) is 16.9 Å². The highest BCUT2D eigenvalue weighted by atomic mass is 79.9. The van der Waals surface area contributed by atoms with Gasteiger partial charge in [-0.3, -0.25) is 14.9 Å². The molecule has 1 amide bonds. The molecule has 1 aromatic heterocycles. The van der Waals surface area contributed by atoms with Gasteiger partial charge in [0, 0.05) is 21.1 Å². The van der Waals surface area contributed by atoms with Gasteiger partial charge in [-0.15, -0.1) is 0 Å². The van der Waals surface area contributed by atoms with Crippen molar-refractivity contribution >= 4 is 55.1 Å². The second kappa shape index (κ2) is 7.58. The fourth-order valence-electron chi connectivity index (χ4n) is 1.77. The summed E-state index contributed by atoms with van der Waals surface area (Å²) < 4.78 is 10.5. The van der Waals surface area contributed by atoms with E-state index in [4.69, 9.17) is 9.15 Å². The Hall–Kier alpha value is -2.20. The molecule has 8 nitrogen and oxygen atoms in total. The van der Waals surface area contributed by atoms with E-state index < -0.39 is 23.4 Å². The molecule has 1 heterocycles. The number of benzene rings is 1. The number of hydrogen-bond donors (Lipinski definition) is 1. The Morgan fingerprint density at radius 2 is 1.96 bits per heavy atom. The summed E-state index contributed by atoms with van der Waals surface area (Å²) in [4.78, 5) is 33.9. The van der Waals surface area contributed by atoms with Crippen LogP contribution in [0, 0.1) is 17.0 Å². The van der Waals surface area contributed by atoms with E-state index in [0.717, 1.165) is 0 Å². The number of hydrogen-bond acceptors (Lipinski definition) is 6. The molecular weight excluding hydrogens is 452 g/mol. The van der Waals surface area contributed by atoms with E-state index in [9.17, 15) is 19.7 Å². The number of furan rings is 1. The minimum absolute atomic E-state index is 0.145. The van der Waals surface area contributed by atoms with E-state index in [1.54, 1.807) is 6.92 Å². The first-order chi connectivity index (χ1) is 11.3. The van der Waals surface area contributed by atoms with Crippen molar-refractivity contribution in [2.24, 2.45) is 0 Å². The first kappa shape index (κ1) is 18.1. The van der Waals surface area contributed by atoms with Crippen LogP contribution >= 0.6 is 31.9 Å². The number of rotatable bonds is 5. The van der Waals surface area contributed by atoms with Crippen molar-refractivity contribution in [1.29, 1.82) is 0 Å². The van der Waals surface area contributed by atoms with Gasteiger partial charge in [-0.1, -0.05) is 0 Å². The van der Waals surface area contributed by atoms with Gasteiger partial charge in [0.2, 0.25) is 0 Å². The number of esters is 1. The lowest BCUT2D eigenvalue weighted by atomic mass is 10.2. The maximum absolute atomic E-state index is 11.9. The Kier molecular flexibility index (Phi) is 5.73. The van der Waals surface area contributed by atoms with Crippen LogP contribution in [0.5, 0.6) is 0 Å². The van der Waals surface area contributed by atoms with Crippen LogP contribution in [0.1, 0.15) is 16.1 Å². The van der Waals surface area contributed by atoms with Gasteiger partial charge in [-0.25, -0.2) is 4.79 Å². The summed E-state index contributed by atoms with van der Waals surface area (Å²) in [7, 11) is 0. The van der Waals surface area contributed by atoms with Crippen LogP contribution < -0.4 is 5.32 Å². The fraction of sp³-hybridized carbons (Fsp3) is 0.143. The Morgan fingerprint density at radius 1 is 1.33 bits per heavy atom. The van der Waals surface area contributed by atoms with Gasteiger partial charge in [-0.2, -0.15) is 0 Å². The number of halogens is 2. The molecule has 0 unspecified atom stereocenters. The summed E-state index contributed by atoms with van der Waals surface area (Å²) in [6.07, 6.45) is 1.34. The average molecular weight is 462 g/mol. The largest absolute Gasteiger partial charge is 0.469 e. The molecule has 1 N–H and O–H groups in total. The number of anilines is 1. The lowest BCUT2D eigenvalue weighted by Gasteiger charge is -2.10. The van der Waals surface area contributed by atoms with Crippen LogP contribution in [0.4, 0.5) is 11.4 Å². The van der Waals surface area contributed by atoms with Crippen molar-refractivity contribution < 1.29 is 23.7 Å². The zero-order valence-electron chi connectivity index (χ0n) is 12.2. The van der Waals surface area contributed by atoms with Crippen LogP contribution in [0.15, 0.2) is 37.8 Å². The van der Waals surface area contributed by atoms with Crippen molar-refractivity contribution in [1.82, 2.24) is 0 Å². The molecule has 0 saturated heterocycles. The number of aryl methyl sites for hydroxylation is 1. The monoisotopic (exact) mass is 460 g/mol. The molecule has 0 atom stereocenters. The van der Waals surface area contributed by atoms with Crippen LogP contribution in [0.2, 0.25) is 0 Å². The summed E-state index contributed by atoms with van der Waals surface area (Å²) in [5.74, 6) is -0.890. The van der Waals surface area contributed by atoms with E-state index in [0.29, 0.717) is 20.4 Å². The molecule has 0 bridgehead atoms. The van der Waals surface area contributed by atoms with Crippen molar-refractivity contribution in [3.8, 4) is 0 Å². The number of nitrogens with one attached hydrogen (secondary N) is 1. The standard InChI is InChI=1S/C14H10Br2N2O6/c1-7-9(2-3-23-7)14(20)24-6-12(19)17-13-10(15)4-8(18(21)22)5-11(13)16/h2-5H,6H2,1H3,(H,17,19). The molecule has 2 rings (SSSR count). The van der Waals surface area contributed by atoms with Gasteiger partial charge in [-0.05, 0) is 44.8 Å². The highest BCUT2D eigenvalue weighted by Gasteiger charge is 2.18. The Bertz CT molecular complexity index is 794. The molecule has 0 aliphatic heterocycles. The smallest absolute Gasteiger partial charge is 0.342 e. The number of nitro benzene ring substituents is 1. The zero-order chi connectivity index (χ0) is 17.9. The maximum atomic E-state index is 11.9. The van der Waals surface area contributed by atoms with E-state index >= 15 is 0 Å².